The number of hydrogen-bond donors (Lipinski definition) is 1. The Bertz CT molecular complexity index is 901. The van der Waals surface area contributed by atoms with Gasteiger partial charge in [0.2, 0.25) is 15.9 Å². The predicted molar refractivity (Wildman–Crippen MR) is 103 cm³/mol. The highest BCUT2D eigenvalue weighted by Gasteiger charge is 2.28. The van der Waals surface area contributed by atoms with Crippen LogP contribution in [0.3, 0.4) is 0 Å². The molecule has 8 nitrogen and oxygen atoms in total. The van der Waals surface area contributed by atoms with Gasteiger partial charge in [0.25, 0.3) is 0 Å². The molecule has 1 aliphatic heterocycles. The maximum atomic E-state index is 12.9. The summed E-state index contributed by atoms with van der Waals surface area (Å²) < 4.78 is 28.9. The third-order valence-corrected chi connectivity index (χ3v) is 6.54. The van der Waals surface area contributed by atoms with Crippen molar-refractivity contribution >= 4 is 21.6 Å². The van der Waals surface area contributed by atoms with Crippen molar-refractivity contribution in [2.75, 3.05) is 38.0 Å². The predicted octanol–water partition coefficient (Wildman–Crippen LogP) is 0.927. The lowest BCUT2D eigenvalue weighted by Crippen LogP contribution is -2.48. The van der Waals surface area contributed by atoms with E-state index in [1.165, 1.54) is 10.4 Å². The van der Waals surface area contributed by atoms with E-state index in [2.05, 4.69) is 22.2 Å². The molecular formula is C18H25N5O3S. The number of amides is 1. The Balaban J connectivity index is 1.68. The Morgan fingerprint density at radius 1 is 1.19 bits per heavy atom. The van der Waals surface area contributed by atoms with Crippen LogP contribution in [-0.2, 0) is 28.3 Å². The van der Waals surface area contributed by atoms with Crippen LogP contribution in [0.4, 0.5) is 5.69 Å². The lowest BCUT2D eigenvalue weighted by Gasteiger charge is -2.33. The van der Waals surface area contributed by atoms with E-state index in [9.17, 15) is 13.2 Å². The molecule has 0 saturated carbocycles. The van der Waals surface area contributed by atoms with Gasteiger partial charge < -0.3 is 10.2 Å². The molecule has 2 heterocycles. The molecule has 1 amide bonds. The first-order valence-electron chi connectivity index (χ1n) is 8.99. The van der Waals surface area contributed by atoms with E-state index in [4.69, 9.17) is 0 Å². The van der Waals surface area contributed by atoms with Gasteiger partial charge in [0, 0.05) is 45.1 Å². The molecule has 1 aromatic carbocycles. The number of aryl methyl sites for hydroxylation is 1. The fraction of sp³-hybridized carbons (Fsp3) is 0.444. The summed E-state index contributed by atoms with van der Waals surface area (Å²) in [5, 5.41) is 6.92. The Morgan fingerprint density at radius 3 is 2.56 bits per heavy atom. The number of aromatic nitrogens is 2. The third kappa shape index (κ3) is 4.74. The molecular weight excluding hydrogens is 366 g/mol. The molecule has 0 bridgehead atoms. The Labute approximate surface area is 159 Å². The van der Waals surface area contributed by atoms with E-state index in [-0.39, 0.29) is 17.2 Å². The third-order valence-electron chi connectivity index (χ3n) is 4.64. The Kier molecular flexibility index (Phi) is 5.93. The summed E-state index contributed by atoms with van der Waals surface area (Å²) in [5.41, 5.74) is 1.12. The van der Waals surface area contributed by atoms with Gasteiger partial charge in [-0.15, -0.1) is 0 Å². The lowest BCUT2D eigenvalue weighted by atomic mass is 10.2. The number of likely N-dealkylation sites (N-methyl/N-ethyl adjacent to an activating group) is 1. The molecule has 0 aliphatic carbocycles. The van der Waals surface area contributed by atoms with E-state index in [1.54, 1.807) is 42.2 Å². The van der Waals surface area contributed by atoms with Gasteiger partial charge in [-0.2, -0.15) is 9.40 Å². The minimum atomic E-state index is -3.57. The lowest BCUT2D eigenvalue weighted by molar-refractivity contribution is -0.115. The molecule has 0 spiro atoms. The van der Waals surface area contributed by atoms with Gasteiger partial charge in [0.05, 0.1) is 17.0 Å². The molecule has 0 atom stereocenters. The van der Waals surface area contributed by atoms with Crippen LogP contribution in [0, 0.1) is 0 Å². The van der Waals surface area contributed by atoms with Crippen molar-refractivity contribution in [1.29, 1.82) is 0 Å². The summed E-state index contributed by atoms with van der Waals surface area (Å²) in [6, 6.07) is 8.18. The van der Waals surface area contributed by atoms with Crippen molar-refractivity contribution in [3.05, 3.63) is 42.2 Å². The van der Waals surface area contributed by atoms with E-state index >= 15 is 0 Å². The number of nitrogens with zero attached hydrogens (tertiary/aromatic N) is 4. The van der Waals surface area contributed by atoms with E-state index in [0.717, 1.165) is 19.6 Å². The molecule has 1 aromatic heterocycles. The normalized spacial score (nSPS) is 16.4. The van der Waals surface area contributed by atoms with Crippen molar-refractivity contribution in [2.24, 2.45) is 7.05 Å². The minimum absolute atomic E-state index is 0.136. The van der Waals surface area contributed by atoms with Crippen LogP contribution in [-0.4, -0.2) is 66.0 Å². The van der Waals surface area contributed by atoms with Crippen molar-refractivity contribution in [3.8, 4) is 0 Å². The second-order valence-electron chi connectivity index (χ2n) is 6.57. The van der Waals surface area contributed by atoms with Crippen LogP contribution in [0.5, 0.6) is 0 Å². The molecule has 3 rings (SSSR count). The minimum Gasteiger partial charge on any atom is -0.326 e. The molecule has 27 heavy (non-hydrogen) atoms. The molecule has 0 radical (unpaired) electrons. The highest BCUT2D eigenvalue weighted by molar-refractivity contribution is 7.89. The van der Waals surface area contributed by atoms with Crippen molar-refractivity contribution < 1.29 is 13.2 Å². The summed E-state index contributed by atoms with van der Waals surface area (Å²) in [6.45, 7) is 5.41. The monoisotopic (exact) mass is 391 g/mol. The summed E-state index contributed by atoms with van der Waals surface area (Å²) in [7, 11) is -1.78. The topological polar surface area (TPSA) is 87.5 Å². The highest BCUT2D eigenvalue weighted by atomic mass is 32.2. The number of carbonyl (C=O) groups is 1. The Hall–Kier alpha value is -2.23. The van der Waals surface area contributed by atoms with Crippen molar-refractivity contribution in [2.45, 2.75) is 18.2 Å². The van der Waals surface area contributed by atoms with Crippen LogP contribution in [0.2, 0.25) is 0 Å². The van der Waals surface area contributed by atoms with Gasteiger partial charge in [-0.1, -0.05) is 13.0 Å². The van der Waals surface area contributed by atoms with Gasteiger partial charge in [0.1, 0.15) is 0 Å². The number of benzene rings is 1. The molecule has 2 aromatic rings. The number of carbonyl (C=O) groups excluding carboxylic acids is 1. The van der Waals surface area contributed by atoms with Gasteiger partial charge in [-0.05, 0) is 30.8 Å². The fourth-order valence-corrected chi connectivity index (χ4v) is 4.57. The number of anilines is 1. The number of sulfonamides is 1. The fourth-order valence-electron chi connectivity index (χ4n) is 3.10. The maximum Gasteiger partial charge on any atom is 0.243 e. The van der Waals surface area contributed by atoms with Crippen LogP contribution >= 0.6 is 0 Å². The molecule has 1 saturated heterocycles. The van der Waals surface area contributed by atoms with Crippen LogP contribution in [0.25, 0.3) is 0 Å². The molecule has 0 unspecified atom stereocenters. The van der Waals surface area contributed by atoms with Crippen LogP contribution in [0.1, 0.15) is 12.6 Å². The molecule has 1 fully saturated rings. The summed E-state index contributed by atoms with van der Waals surface area (Å²) in [4.78, 5) is 14.6. The standard InChI is InChI=1S/C18H25N5O3S/c1-3-22-9-11-23(12-10-22)27(25,26)17-6-4-5-15(13-17)19-18(24)14-16-7-8-21(2)20-16/h4-8,13H,3,9-12,14H2,1-2H3,(H,19,24). The SMILES string of the molecule is CCN1CCN(S(=O)(=O)c2cccc(NC(=O)Cc3ccn(C)n3)c2)CC1. The number of rotatable bonds is 6. The zero-order valence-electron chi connectivity index (χ0n) is 15.6. The van der Waals surface area contributed by atoms with Crippen LogP contribution in [0.15, 0.2) is 41.4 Å². The Morgan fingerprint density at radius 2 is 1.93 bits per heavy atom. The van der Waals surface area contributed by atoms with Crippen LogP contribution < -0.4 is 5.32 Å². The quantitative estimate of drug-likeness (QED) is 0.791. The smallest absolute Gasteiger partial charge is 0.243 e. The van der Waals surface area contributed by atoms with Gasteiger partial charge in [0.15, 0.2) is 0 Å². The van der Waals surface area contributed by atoms with E-state index < -0.39 is 10.0 Å². The van der Waals surface area contributed by atoms with Gasteiger partial charge >= 0.3 is 0 Å². The molecule has 1 aliphatic rings. The average Bonchev–Trinajstić information content (AvgIpc) is 3.06. The van der Waals surface area contributed by atoms with Crippen molar-refractivity contribution in [3.63, 3.8) is 0 Å². The summed E-state index contributed by atoms with van der Waals surface area (Å²) in [5.74, 6) is -0.236. The average molecular weight is 391 g/mol. The summed E-state index contributed by atoms with van der Waals surface area (Å²) in [6.07, 6.45) is 1.91. The van der Waals surface area contributed by atoms with Crippen molar-refractivity contribution in [1.82, 2.24) is 19.0 Å². The van der Waals surface area contributed by atoms with Gasteiger partial charge in [-0.25, -0.2) is 8.42 Å². The van der Waals surface area contributed by atoms with Gasteiger partial charge in [-0.3, -0.25) is 9.48 Å². The summed E-state index contributed by atoms with van der Waals surface area (Å²) >= 11 is 0. The number of nitrogens with one attached hydrogen (secondary N) is 1. The maximum absolute atomic E-state index is 12.9. The highest BCUT2D eigenvalue weighted by Crippen LogP contribution is 2.21. The molecule has 9 heteroatoms. The molecule has 1 N–H and O–H groups in total. The first kappa shape index (κ1) is 19.5. The first-order valence-corrected chi connectivity index (χ1v) is 10.4. The second kappa shape index (κ2) is 8.20. The number of piperazine rings is 1. The van der Waals surface area contributed by atoms with E-state index in [0.29, 0.717) is 24.5 Å². The second-order valence-corrected chi connectivity index (χ2v) is 8.51. The van der Waals surface area contributed by atoms with E-state index in [1.807, 2.05) is 0 Å². The number of hydrogen-bond acceptors (Lipinski definition) is 5. The zero-order valence-corrected chi connectivity index (χ0v) is 16.4. The largest absolute Gasteiger partial charge is 0.326 e. The zero-order chi connectivity index (χ0) is 19.4. The molecule has 146 valence electrons. The first-order chi connectivity index (χ1) is 12.9.